The number of nitrogens with two attached hydrogens (primary N) is 1. The third-order valence-corrected chi connectivity index (χ3v) is 3.79. The molecule has 0 unspecified atom stereocenters. The summed E-state index contributed by atoms with van der Waals surface area (Å²) in [5.74, 6) is -3.60. The number of benzene rings is 1. The molecule has 6 nitrogen and oxygen atoms in total. The Morgan fingerprint density at radius 2 is 1.91 bits per heavy atom. The van der Waals surface area contributed by atoms with Gasteiger partial charge in [0, 0.05) is 0 Å². The van der Waals surface area contributed by atoms with Crippen molar-refractivity contribution >= 4 is 16.2 Å². The highest BCUT2D eigenvalue weighted by Crippen LogP contribution is 2.30. The van der Waals surface area contributed by atoms with Gasteiger partial charge in [0.15, 0.2) is 0 Å². The fourth-order valence-electron chi connectivity index (χ4n) is 1.87. The van der Waals surface area contributed by atoms with E-state index in [1.54, 1.807) is 0 Å². The van der Waals surface area contributed by atoms with Gasteiger partial charge in [-0.15, -0.1) is 8.98 Å². The van der Waals surface area contributed by atoms with Crippen molar-refractivity contribution < 1.29 is 29.9 Å². The lowest BCUT2D eigenvalue weighted by Crippen LogP contribution is -2.10. The smallest absolute Gasteiger partial charge is 0.368 e. The molecular formula is C11H9F5N4O2S. The van der Waals surface area contributed by atoms with E-state index in [1.165, 1.54) is 6.92 Å². The van der Waals surface area contributed by atoms with Crippen molar-refractivity contribution in [2.45, 2.75) is 24.4 Å². The van der Waals surface area contributed by atoms with Crippen molar-refractivity contribution in [3.8, 4) is 5.69 Å². The Bertz CT molecular complexity index is 860. The predicted molar refractivity (Wildman–Crippen MR) is 68.4 cm³/mol. The van der Waals surface area contributed by atoms with Crippen LogP contribution in [0.3, 0.4) is 0 Å². The van der Waals surface area contributed by atoms with Gasteiger partial charge in [0.2, 0.25) is 5.95 Å². The molecule has 0 aliphatic heterocycles. The van der Waals surface area contributed by atoms with Crippen LogP contribution in [-0.4, -0.2) is 23.2 Å². The van der Waals surface area contributed by atoms with E-state index in [2.05, 4.69) is 10.1 Å². The van der Waals surface area contributed by atoms with Crippen molar-refractivity contribution in [3.63, 3.8) is 0 Å². The average molecular weight is 356 g/mol. The molecule has 12 heteroatoms. The number of halogens is 5. The molecule has 23 heavy (non-hydrogen) atoms. The van der Waals surface area contributed by atoms with E-state index in [-0.39, 0.29) is 16.7 Å². The summed E-state index contributed by atoms with van der Waals surface area (Å²) in [5, 5.41) is 2.99. The third-order valence-electron chi connectivity index (χ3n) is 2.89. The molecule has 1 aromatic carbocycles. The fourth-order valence-corrected chi connectivity index (χ4v) is 2.64. The van der Waals surface area contributed by atoms with Gasteiger partial charge in [0.25, 0.3) is 5.82 Å². The van der Waals surface area contributed by atoms with Gasteiger partial charge in [-0.05, 0) is 24.1 Å². The van der Waals surface area contributed by atoms with Crippen molar-refractivity contribution in [1.29, 1.82) is 0 Å². The summed E-state index contributed by atoms with van der Waals surface area (Å²) in [6, 6.07) is 1.21. The van der Waals surface area contributed by atoms with Crippen molar-refractivity contribution in [2.24, 2.45) is 0 Å². The quantitative estimate of drug-likeness (QED) is 0.673. The second-order valence-corrected chi connectivity index (χ2v) is 5.72. The molecule has 2 aromatic rings. The number of rotatable bonds is 3. The molecule has 0 aliphatic rings. The highest BCUT2D eigenvalue weighted by Gasteiger charge is 2.37. The van der Waals surface area contributed by atoms with Gasteiger partial charge in [0.05, 0.1) is 0 Å². The molecule has 1 heterocycles. The summed E-state index contributed by atoms with van der Waals surface area (Å²) in [7, 11) is -5.22. The number of alkyl halides is 3. The van der Waals surface area contributed by atoms with Gasteiger partial charge in [-0.3, -0.25) is 0 Å². The molecule has 0 atom stereocenters. The van der Waals surface area contributed by atoms with Crippen LogP contribution in [0.25, 0.3) is 5.69 Å². The Labute approximate surface area is 126 Å². The van der Waals surface area contributed by atoms with E-state index in [1.807, 2.05) is 0 Å². The summed E-state index contributed by atoms with van der Waals surface area (Å²) in [6.07, 6.45) is -4.95. The minimum Gasteiger partial charge on any atom is -0.368 e. The molecule has 0 saturated carbocycles. The molecule has 0 fully saturated rings. The summed E-state index contributed by atoms with van der Waals surface area (Å²) in [5.41, 5.74) is 4.31. The second-order valence-electron chi connectivity index (χ2n) is 4.41. The number of aromatic nitrogens is 3. The van der Waals surface area contributed by atoms with E-state index >= 15 is 0 Å². The zero-order chi connectivity index (χ0) is 17.6. The molecule has 126 valence electrons. The average Bonchev–Trinajstić information content (AvgIpc) is 2.79. The molecule has 2 N–H and O–H groups in total. The van der Waals surface area contributed by atoms with Crippen LogP contribution in [0.1, 0.15) is 18.3 Å². The maximum atomic E-state index is 14.0. The zero-order valence-corrected chi connectivity index (χ0v) is 12.2. The first-order valence-corrected chi connectivity index (χ1v) is 7.40. The zero-order valence-electron chi connectivity index (χ0n) is 11.4. The number of hydrogen-bond acceptors (Lipinski definition) is 5. The Morgan fingerprint density at radius 3 is 2.35 bits per heavy atom. The summed E-state index contributed by atoms with van der Waals surface area (Å²) < 4.78 is 87.4. The van der Waals surface area contributed by atoms with E-state index in [0.29, 0.717) is 12.1 Å². The number of anilines is 1. The van der Waals surface area contributed by atoms with E-state index in [0.717, 1.165) is 0 Å². The number of nitrogens with zero attached hydrogens (tertiary/aromatic N) is 3. The molecule has 0 aliphatic carbocycles. The van der Waals surface area contributed by atoms with Gasteiger partial charge >= 0.3 is 16.4 Å². The minimum atomic E-state index is -5.22. The van der Waals surface area contributed by atoms with E-state index in [4.69, 9.17) is 5.73 Å². The summed E-state index contributed by atoms with van der Waals surface area (Å²) >= 11 is 0. The Morgan fingerprint density at radius 1 is 1.30 bits per heavy atom. The van der Waals surface area contributed by atoms with Crippen LogP contribution in [0.4, 0.5) is 27.4 Å². The first-order chi connectivity index (χ1) is 10.4. The van der Waals surface area contributed by atoms with Gasteiger partial charge in [-0.25, -0.2) is 4.39 Å². The Balaban J connectivity index is 2.72. The second kappa shape index (κ2) is 5.44. The van der Waals surface area contributed by atoms with Crippen LogP contribution in [-0.2, 0) is 22.8 Å². The SMILES string of the molecule is CCc1cc(F)c(-n2nc(C(F)(F)F)nc2N)cc1S(=O)(=O)F. The standard InChI is InChI=1S/C11H9F5N4O2S/c1-2-5-3-6(12)7(4-8(5)23(16,21)22)20-10(17)18-9(19-20)11(13,14)15/h3-4H,2H2,1H3,(H2,17,18,19). The summed E-state index contributed by atoms with van der Waals surface area (Å²) in [6.45, 7) is 1.45. The normalized spacial score (nSPS) is 12.6. The molecule has 0 saturated heterocycles. The van der Waals surface area contributed by atoms with Crippen molar-refractivity contribution in [3.05, 3.63) is 29.3 Å². The lowest BCUT2D eigenvalue weighted by Gasteiger charge is -2.09. The number of hydrogen-bond donors (Lipinski definition) is 1. The van der Waals surface area contributed by atoms with Crippen LogP contribution in [0.2, 0.25) is 0 Å². The fraction of sp³-hybridized carbons (Fsp3) is 0.273. The van der Waals surface area contributed by atoms with E-state index in [9.17, 15) is 29.9 Å². The maximum absolute atomic E-state index is 14.0. The van der Waals surface area contributed by atoms with Gasteiger partial charge < -0.3 is 5.73 Å². The van der Waals surface area contributed by atoms with Gasteiger partial charge in [0.1, 0.15) is 16.4 Å². The number of nitrogen functional groups attached to an aromatic ring is 1. The highest BCUT2D eigenvalue weighted by molar-refractivity contribution is 7.86. The van der Waals surface area contributed by atoms with Crippen LogP contribution in [0.5, 0.6) is 0 Å². The van der Waals surface area contributed by atoms with Crippen LogP contribution in [0, 0.1) is 5.82 Å². The molecular weight excluding hydrogens is 347 g/mol. The van der Waals surface area contributed by atoms with E-state index < -0.39 is 44.6 Å². The van der Waals surface area contributed by atoms with Gasteiger partial charge in [-0.2, -0.15) is 31.3 Å². The molecule has 0 spiro atoms. The maximum Gasteiger partial charge on any atom is 0.453 e. The first kappa shape index (κ1) is 17.1. The summed E-state index contributed by atoms with van der Waals surface area (Å²) in [4.78, 5) is 2.05. The van der Waals surface area contributed by atoms with Gasteiger partial charge in [-0.1, -0.05) is 6.92 Å². The van der Waals surface area contributed by atoms with Crippen LogP contribution in [0.15, 0.2) is 17.0 Å². The third kappa shape index (κ3) is 3.25. The van der Waals surface area contributed by atoms with Crippen molar-refractivity contribution in [2.75, 3.05) is 5.73 Å². The highest BCUT2D eigenvalue weighted by atomic mass is 32.3. The first-order valence-electron chi connectivity index (χ1n) is 6.02. The monoisotopic (exact) mass is 356 g/mol. The van der Waals surface area contributed by atoms with Crippen LogP contribution < -0.4 is 5.73 Å². The largest absolute Gasteiger partial charge is 0.453 e. The topological polar surface area (TPSA) is 90.9 Å². The molecule has 0 bridgehead atoms. The molecule has 0 radical (unpaired) electrons. The Kier molecular flexibility index (Phi) is 4.05. The predicted octanol–water partition coefficient (Wildman–Crippen LogP) is 2.23. The molecule has 0 amide bonds. The van der Waals surface area contributed by atoms with Crippen LogP contribution >= 0.6 is 0 Å². The lowest BCUT2D eigenvalue weighted by molar-refractivity contribution is -0.144. The Hall–Kier alpha value is -2.24. The number of aryl methyl sites for hydroxylation is 1. The minimum absolute atomic E-state index is 0.0175. The lowest BCUT2D eigenvalue weighted by atomic mass is 10.1. The molecule has 1 aromatic heterocycles. The van der Waals surface area contributed by atoms with Crippen molar-refractivity contribution in [1.82, 2.24) is 14.8 Å². The molecule has 2 rings (SSSR count).